The number of aromatic nitrogens is 1. The summed E-state index contributed by atoms with van der Waals surface area (Å²) in [6, 6.07) is 12.7. The van der Waals surface area contributed by atoms with Crippen LogP contribution in [0.3, 0.4) is 0 Å². The third kappa shape index (κ3) is 3.41. The predicted octanol–water partition coefficient (Wildman–Crippen LogP) is 4.33. The van der Waals surface area contributed by atoms with E-state index in [0.29, 0.717) is 22.8 Å². The van der Waals surface area contributed by atoms with Gasteiger partial charge < -0.3 is 5.32 Å². The summed E-state index contributed by atoms with van der Waals surface area (Å²) in [4.78, 5) is 23.6. The van der Waals surface area contributed by atoms with E-state index in [1.54, 1.807) is 18.2 Å². The summed E-state index contributed by atoms with van der Waals surface area (Å²) >= 11 is 7.48. The maximum absolute atomic E-state index is 12.4. The molecule has 0 aliphatic rings. The van der Waals surface area contributed by atoms with Crippen LogP contribution in [0.5, 0.6) is 0 Å². The van der Waals surface area contributed by atoms with Crippen LogP contribution in [0.25, 0.3) is 10.1 Å². The Hall–Kier alpha value is -2.24. The quantitative estimate of drug-likeness (QED) is 0.766. The van der Waals surface area contributed by atoms with E-state index in [1.165, 1.54) is 18.5 Å². The molecule has 6 heteroatoms. The van der Waals surface area contributed by atoms with Crippen LogP contribution in [-0.2, 0) is 11.2 Å². The molecule has 4 nitrogen and oxygen atoms in total. The average molecular weight is 345 g/mol. The Balaban J connectivity index is 1.84. The van der Waals surface area contributed by atoms with E-state index in [0.717, 1.165) is 15.6 Å². The van der Waals surface area contributed by atoms with Gasteiger partial charge in [0.2, 0.25) is 0 Å². The van der Waals surface area contributed by atoms with Gasteiger partial charge in [-0.25, -0.2) is 0 Å². The number of hydrogen-bond acceptors (Lipinski definition) is 4. The second-order valence-corrected chi connectivity index (χ2v) is 6.39. The molecule has 1 N–H and O–H groups in total. The van der Waals surface area contributed by atoms with Crippen molar-refractivity contribution < 1.29 is 9.59 Å². The molecular formula is C17H13ClN2O2S. The number of carbonyl (C=O) groups is 2. The van der Waals surface area contributed by atoms with Crippen molar-refractivity contribution in [1.29, 1.82) is 0 Å². The first-order valence-corrected chi connectivity index (χ1v) is 8.13. The highest BCUT2D eigenvalue weighted by Gasteiger charge is 2.15. The minimum atomic E-state index is -0.302. The topological polar surface area (TPSA) is 59.1 Å². The van der Waals surface area contributed by atoms with Gasteiger partial charge in [-0.3, -0.25) is 9.59 Å². The number of hydrogen-bond donors (Lipinski definition) is 1. The molecule has 0 unspecified atom stereocenters. The molecule has 0 saturated heterocycles. The Morgan fingerprint density at radius 2 is 2.00 bits per heavy atom. The second-order valence-electron chi connectivity index (χ2n) is 5.17. The summed E-state index contributed by atoms with van der Waals surface area (Å²) in [6.07, 6.45) is 0.324. The molecule has 3 rings (SSSR count). The highest BCUT2D eigenvalue weighted by Crippen LogP contribution is 2.26. The molecule has 0 fully saturated rings. The van der Waals surface area contributed by atoms with Crippen molar-refractivity contribution >= 4 is 50.6 Å². The fourth-order valence-electron chi connectivity index (χ4n) is 2.29. The van der Waals surface area contributed by atoms with Gasteiger partial charge in [0.1, 0.15) is 11.5 Å². The lowest BCUT2D eigenvalue weighted by Gasteiger charge is -2.08. The molecule has 0 bridgehead atoms. The number of rotatable bonds is 4. The minimum absolute atomic E-state index is 0.0618. The number of ketones is 1. The van der Waals surface area contributed by atoms with Gasteiger partial charge in [0.05, 0.1) is 15.4 Å². The Bertz CT molecular complexity index is 904. The number of fused-ring (bicyclic) bond motifs is 1. The van der Waals surface area contributed by atoms with Gasteiger partial charge in [-0.05, 0) is 42.2 Å². The lowest BCUT2D eigenvalue weighted by atomic mass is 10.1. The largest absolute Gasteiger partial charge is 0.319 e. The van der Waals surface area contributed by atoms with Crippen LogP contribution in [0.2, 0.25) is 5.02 Å². The van der Waals surface area contributed by atoms with E-state index in [9.17, 15) is 9.59 Å². The molecule has 1 heterocycles. The second kappa shape index (κ2) is 6.48. The smallest absolute Gasteiger partial charge is 0.276 e. The highest BCUT2D eigenvalue weighted by atomic mass is 35.5. The number of halogens is 1. The van der Waals surface area contributed by atoms with Crippen molar-refractivity contribution in [3.8, 4) is 0 Å². The molecule has 1 aromatic heterocycles. The van der Waals surface area contributed by atoms with E-state index in [-0.39, 0.29) is 11.7 Å². The fraction of sp³-hybridized carbons (Fsp3) is 0.118. The predicted molar refractivity (Wildman–Crippen MR) is 93.4 cm³/mol. The van der Waals surface area contributed by atoms with Crippen molar-refractivity contribution in [2.75, 3.05) is 5.32 Å². The fourth-order valence-corrected chi connectivity index (χ4v) is 3.31. The molecule has 0 atom stereocenters. The van der Waals surface area contributed by atoms with Crippen molar-refractivity contribution in [1.82, 2.24) is 4.37 Å². The standard InChI is InChI=1S/C17H13ClN2O2S/c1-10(21)8-11-6-7-14(13(18)9-11)19-17(22)16-12-4-2-3-5-15(12)23-20-16/h2-7,9H,8H2,1H3,(H,19,22). The number of carbonyl (C=O) groups excluding carboxylic acids is 2. The van der Waals surface area contributed by atoms with Crippen LogP contribution in [-0.4, -0.2) is 16.1 Å². The number of anilines is 1. The molecule has 0 aliphatic heterocycles. The summed E-state index contributed by atoms with van der Waals surface area (Å²) in [6.45, 7) is 1.52. The zero-order chi connectivity index (χ0) is 16.4. The number of nitrogens with zero attached hydrogens (tertiary/aromatic N) is 1. The van der Waals surface area contributed by atoms with E-state index in [4.69, 9.17) is 11.6 Å². The summed E-state index contributed by atoms with van der Waals surface area (Å²) in [5.74, 6) is -0.240. The van der Waals surface area contributed by atoms with Crippen LogP contribution in [0, 0.1) is 0 Å². The number of benzene rings is 2. The maximum atomic E-state index is 12.4. The summed E-state index contributed by atoms with van der Waals surface area (Å²) in [5.41, 5.74) is 1.70. The van der Waals surface area contributed by atoms with Crippen LogP contribution in [0.15, 0.2) is 42.5 Å². The van der Waals surface area contributed by atoms with E-state index in [1.807, 2.05) is 24.3 Å². The summed E-state index contributed by atoms with van der Waals surface area (Å²) in [7, 11) is 0. The average Bonchev–Trinajstić information content (AvgIpc) is 2.93. The normalized spacial score (nSPS) is 10.7. The first-order chi connectivity index (χ1) is 11.0. The Labute approximate surface area is 142 Å². The molecule has 0 saturated carbocycles. The molecule has 23 heavy (non-hydrogen) atoms. The molecular weight excluding hydrogens is 332 g/mol. The zero-order valence-corrected chi connectivity index (χ0v) is 13.9. The first-order valence-electron chi connectivity index (χ1n) is 6.98. The molecule has 2 aromatic carbocycles. The van der Waals surface area contributed by atoms with Gasteiger partial charge in [-0.1, -0.05) is 35.9 Å². The Morgan fingerprint density at radius 3 is 2.74 bits per heavy atom. The molecule has 3 aromatic rings. The zero-order valence-electron chi connectivity index (χ0n) is 12.3. The van der Waals surface area contributed by atoms with Gasteiger partial charge in [0, 0.05) is 11.8 Å². The van der Waals surface area contributed by atoms with Gasteiger partial charge in [-0.15, -0.1) is 0 Å². The van der Waals surface area contributed by atoms with Gasteiger partial charge >= 0.3 is 0 Å². The highest BCUT2D eigenvalue weighted by molar-refractivity contribution is 7.13. The number of amides is 1. The lowest BCUT2D eigenvalue weighted by molar-refractivity contribution is -0.116. The molecule has 0 aliphatic carbocycles. The van der Waals surface area contributed by atoms with Crippen molar-refractivity contribution in [3.05, 3.63) is 58.7 Å². The minimum Gasteiger partial charge on any atom is -0.319 e. The molecule has 1 amide bonds. The Kier molecular flexibility index (Phi) is 4.41. The van der Waals surface area contributed by atoms with Crippen LogP contribution >= 0.6 is 23.1 Å². The number of nitrogens with one attached hydrogen (secondary N) is 1. The first kappa shape index (κ1) is 15.6. The third-order valence-electron chi connectivity index (χ3n) is 3.33. The molecule has 0 spiro atoms. The van der Waals surface area contributed by atoms with Gasteiger partial charge in [0.25, 0.3) is 5.91 Å². The monoisotopic (exact) mass is 344 g/mol. The van der Waals surface area contributed by atoms with E-state index < -0.39 is 0 Å². The van der Waals surface area contributed by atoms with Crippen molar-refractivity contribution in [2.45, 2.75) is 13.3 Å². The SMILES string of the molecule is CC(=O)Cc1ccc(NC(=O)c2nsc3ccccc23)c(Cl)c1. The molecule has 116 valence electrons. The Morgan fingerprint density at radius 1 is 1.22 bits per heavy atom. The van der Waals surface area contributed by atoms with Crippen LogP contribution in [0.4, 0.5) is 5.69 Å². The maximum Gasteiger partial charge on any atom is 0.276 e. The molecule has 0 radical (unpaired) electrons. The summed E-state index contributed by atoms with van der Waals surface area (Å²) < 4.78 is 5.18. The number of Topliss-reactive ketones (excluding diaryl/α,β-unsaturated/α-hetero) is 1. The van der Waals surface area contributed by atoms with Gasteiger partial charge in [-0.2, -0.15) is 4.37 Å². The van der Waals surface area contributed by atoms with Crippen LogP contribution < -0.4 is 5.32 Å². The third-order valence-corrected chi connectivity index (χ3v) is 4.47. The van der Waals surface area contributed by atoms with Crippen LogP contribution in [0.1, 0.15) is 23.0 Å². The summed E-state index contributed by atoms with van der Waals surface area (Å²) in [5, 5.41) is 3.99. The van der Waals surface area contributed by atoms with Gasteiger partial charge in [0.15, 0.2) is 0 Å². The van der Waals surface area contributed by atoms with Crippen molar-refractivity contribution in [2.24, 2.45) is 0 Å². The van der Waals surface area contributed by atoms with Crippen molar-refractivity contribution in [3.63, 3.8) is 0 Å². The van der Waals surface area contributed by atoms with E-state index >= 15 is 0 Å². The van der Waals surface area contributed by atoms with E-state index in [2.05, 4.69) is 9.69 Å². The lowest BCUT2D eigenvalue weighted by Crippen LogP contribution is -2.13.